The molecule has 0 fully saturated rings. The number of oxazole rings is 1. The number of aromatic nitrogens is 1. The van der Waals surface area contributed by atoms with E-state index in [0.29, 0.717) is 12.0 Å². The van der Waals surface area contributed by atoms with Gasteiger partial charge in [0.15, 0.2) is 5.69 Å². The summed E-state index contributed by atoms with van der Waals surface area (Å²) >= 11 is 0. The van der Waals surface area contributed by atoms with E-state index in [1.54, 1.807) is 0 Å². The van der Waals surface area contributed by atoms with Gasteiger partial charge in [-0.3, -0.25) is 4.79 Å². The van der Waals surface area contributed by atoms with Crippen LogP contribution >= 0.6 is 0 Å². The Kier molecular flexibility index (Phi) is 5.66. The largest absolute Gasteiger partial charge is 0.476 e. The number of hydrogen-bond donors (Lipinski definition) is 1. The zero-order valence-electron chi connectivity index (χ0n) is 14.8. The standard InChI is InChI=1S/C21H19NO5/c1-26-18(23)12-11-14-7-5-6-10-16(14)13-17-19(21(24)25)22-20(27-17)15-8-3-2-4-9-15/h2-10H,11-13H2,1H3,(H,24,25). The minimum absolute atomic E-state index is 0.100. The lowest BCUT2D eigenvalue weighted by Crippen LogP contribution is -2.05. The Morgan fingerprint density at radius 2 is 1.70 bits per heavy atom. The second-order valence-electron chi connectivity index (χ2n) is 5.98. The molecule has 3 rings (SSSR count). The average Bonchev–Trinajstić information content (AvgIpc) is 3.12. The van der Waals surface area contributed by atoms with Crippen molar-refractivity contribution in [2.45, 2.75) is 19.3 Å². The van der Waals surface area contributed by atoms with Gasteiger partial charge in [-0.15, -0.1) is 0 Å². The highest BCUT2D eigenvalue weighted by Gasteiger charge is 2.21. The number of esters is 1. The normalized spacial score (nSPS) is 10.6. The second-order valence-corrected chi connectivity index (χ2v) is 5.98. The van der Waals surface area contributed by atoms with E-state index >= 15 is 0 Å². The average molecular weight is 365 g/mol. The van der Waals surface area contributed by atoms with Crippen molar-refractivity contribution in [3.05, 3.63) is 77.2 Å². The molecule has 0 unspecified atom stereocenters. The van der Waals surface area contributed by atoms with Crippen LogP contribution in [-0.4, -0.2) is 29.1 Å². The Morgan fingerprint density at radius 3 is 2.37 bits per heavy atom. The summed E-state index contributed by atoms with van der Waals surface area (Å²) < 4.78 is 10.5. The van der Waals surface area contributed by atoms with Crippen LogP contribution in [0.5, 0.6) is 0 Å². The Balaban J connectivity index is 1.90. The summed E-state index contributed by atoms with van der Waals surface area (Å²) in [5.41, 5.74) is 2.44. The van der Waals surface area contributed by atoms with E-state index in [-0.39, 0.29) is 36.2 Å². The Morgan fingerprint density at radius 1 is 1.04 bits per heavy atom. The summed E-state index contributed by atoms with van der Waals surface area (Å²) in [6.07, 6.45) is 1.04. The van der Waals surface area contributed by atoms with Crippen LogP contribution in [0, 0.1) is 0 Å². The molecule has 0 spiro atoms. The first-order valence-corrected chi connectivity index (χ1v) is 8.50. The Hall–Kier alpha value is -3.41. The third-order valence-corrected chi connectivity index (χ3v) is 4.22. The monoisotopic (exact) mass is 365 g/mol. The van der Waals surface area contributed by atoms with Crippen LogP contribution in [0.15, 0.2) is 59.0 Å². The summed E-state index contributed by atoms with van der Waals surface area (Å²) in [7, 11) is 1.35. The van der Waals surface area contributed by atoms with E-state index in [4.69, 9.17) is 4.42 Å². The molecule has 6 nitrogen and oxygen atoms in total. The van der Waals surface area contributed by atoms with Gasteiger partial charge in [0.05, 0.1) is 7.11 Å². The maximum absolute atomic E-state index is 11.6. The number of carbonyl (C=O) groups excluding carboxylic acids is 1. The van der Waals surface area contributed by atoms with Crippen molar-refractivity contribution in [1.29, 1.82) is 0 Å². The predicted molar refractivity (Wildman–Crippen MR) is 98.5 cm³/mol. The van der Waals surface area contributed by atoms with Gasteiger partial charge < -0.3 is 14.3 Å². The minimum Gasteiger partial charge on any atom is -0.476 e. The number of nitrogens with zero attached hydrogens (tertiary/aromatic N) is 1. The van der Waals surface area contributed by atoms with Crippen molar-refractivity contribution in [1.82, 2.24) is 4.98 Å². The molecular formula is C21H19NO5. The number of carboxylic acids is 1. The molecule has 0 atom stereocenters. The second kappa shape index (κ2) is 8.31. The maximum atomic E-state index is 11.6. The molecule has 0 radical (unpaired) electrons. The molecule has 0 amide bonds. The van der Waals surface area contributed by atoms with E-state index in [0.717, 1.165) is 11.1 Å². The van der Waals surface area contributed by atoms with E-state index < -0.39 is 5.97 Å². The molecule has 0 saturated carbocycles. The van der Waals surface area contributed by atoms with Gasteiger partial charge in [-0.05, 0) is 29.7 Å². The summed E-state index contributed by atoms with van der Waals surface area (Å²) in [6, 6.07) is 16.7. The van der Waals surface area contributed by atoms with Crippen molar-refractivity contribution in [3.8, 4) is 11.5 Å². The molecule has 1 N–H and O–H groups in total. The van der Waals surface area contributed by atoms with Gasteiger partial charge in [0.25, 0.3) is 0 Å². The van der Waals surface area contributed by atoms with Crippen LogP contribution in [0.3, 0.4) is 0 Å². The number of benzene rings is 2. The molecule has 0 aliphatic rings. The molecule has 0 saturated heterocycles. The number of hydrogen-bond acceptors (Lipinski definition) is 5. The number of rotatable bonds is 7. The van der Waals surface area contributed by atoms with Gasteiger partial charge in [0, 0.05) is 18.4 Å². The summed E-state index contributed by atoms with van der Waals surface area (Å²) in [5, 5.41) is 9.50. The Bertz CT molecular complexity index is 946. The van der Waals surface area contributed by atoms with Crippen LogP contribution in [-0.2, 0) is 22.4 Å². The third kappa shape index (κ3) is 4.41. The number of carboxylic acid groups (broad SMARTS) is 1. The fourth-order valence-corrected chi connectivity index (χ4v) is 2.83. The molecule has 0 bridgehead atoms. The Labute approximate surface area is 156 Å². The topological polar surface area (TPSA) is 89.6 Å². The number of methoxy groups -OCH3 is 1. The number of aryl methyl sites for hydroxylation is 1. The molecule has 0 aliphatic heterocycles. The van der Waals surface area contributed by atoms with Gasteiger partial charge in [0.1, 0.15) is 5.76 Å². The molecule has 6 heteroatoms. The molecule has 1 heterocycles. The van der Waals surface area contributed by atoms with Crippen LogP contribution in [0.25, 0.3) is 11.5 Å². The quantitative estimate of drug-likeness (QED) is 0.642. The van der Waals surface area contributed by atoms with Crippen LogP contribution in [0.2, 0.25) is 0 Å². The van der Waals surface area contributed by atoms with E-state index in [2.05, 4.69) is 9.72 Å². The van der Waals surface area contributed by atoms with E-state index in [9.17, 15) is 14.7 Å². The van der Waals surface area contributed by atoms with Crippen LogP contribution < -0.4 is 0 Å². The number of carbonyl (C=O) groups is 2. The lowest BCUT2D eigenvalue weighted by molar-refractivity contribution is -0.140. The van der Waals surface area contributed by atoms with E-state index in [1.807, 2.05) is 54.6 Å². The summed E-state index contributed by atoms with van der Waals surface area (Å²) in [5.74, 6) is -0.869. The minimum atomic E-state index is -1.14. The van der Waals surface area contributed by atoms with Crippen molar-refractivity contribution in [2.75, 3.05) is 7.11 Å². The molecule has 3 aromatic rings. The molecule has 138 valence electrons. The first-order valence-electron chi connectivity index (χ1n) is 8.50. The molecule has 27 heavy (non-hydrogen) atoms. The number of ether oxygens (including phenoxy) is 1. The highest BCUT2D eigenvalue weighted by Crippen LogP contribution is 2.25. The summed E-state index contributed by atoms with van der Waals surface area (Å²) in [6.45, 7) is 0. The van der Waals surface area contributed by atoms with Crippen molar-refractivity contribution >= 4 is 11.9 Å². The van der Waals surface area contributed by atoms with E-state index in [1.165, 1.54) is 7.11 Å². The molecule has 2 aromatic carbocycles. The zero-order valence-corrected chi connectivity index (χ0v) is 14.8. The van der Waals surface area contributed by atoms with Gasteiger partial charge in [-0.25, -0.2) is 9.78 Å². The smallest absolute Gasteiger partial charge is 0.358 e. The highest BCUT2D eigenvalue weighted by atomic mass is 16.5. The van der Waals surface area contributed by atoms with Gasteiger partial charge in [-0.2, -0.15) is 0 Å². The fourth-order valence-electron chi connectivity index (χ4n) is 2.83. The van der Waals surface area contributed by atoms with Crippen LogP contribution in [0.1, 0.15) is 33.8 Å². The van der Waals surface area contributed by atoms with Gasteiger partial charge >= 0.3 is 11.9 Å². The maximum Gasteiger partial charge on any atom is 0.358 e. The zero-order chi connectivity index (χ0) is 19.2. The van der Waals surface area contributed by atoms with Crippen molar-refractivity contribution in [3.63, 3.8) is 0 Å². The summed E-state index contributed by atoms with van der Waals surface area (Å²) in [4.78, 5) is 27.2. The third-order valence-electron chi connectivity index (χ3n) is 4.22. The lowest BCUT2D eigenvalue weighted by atomic mass is 9.99. The fraction of sp³-hybridized carbons (Fsp3) is 0.190. The molecule has 0 aliphatic carbocycles. The van der Waals surface area contributed by atoms with Crippen LogP contribution in [0.4, 0.5) is 0 Å². The molecular weight excluding hydrogens is 346 g/mol. The van der Waals surface area contributed by atoms with Gasteiger partial charge in [-0.1, -0.05) is 42.5 Å². The highest BCUT2D eigenvalue weighted by molar-refractivity contribution is 5.87. The van der Waals surface area contributed by atoms with Gasteiger partial charge in [0.2, 0.25) is 5.89 Å². The lowest BCUT2D eigenvalue weighted by Gasteiger charge is -2.08. The molecule has 1 aromatic heterocycles. The first kappa shape index (κ1) is 18.4. The number of aromatic carboxylic acids is 1. The first-order chi connectivity index (χ1) is 13.1. The SMILES string of the molecule is COC(=O)CCc1ccccc1Cc1oc(-c2ccccc2)nc1C(=O)O. The van der Waals surface area contributed by atoms with Crippen molar-refractivity contribution < 1.29 is 23.8 Å². The predicted octanol–water partition coefficient (Wildman–Crippen LogP) is 3.74. The van der Waals surface area contributed by atoms with Crippen molar-refractivity contribution in [2.24, 2.45) is 0 Å².